The van der Waals surface area contributed by atoms with E-state index in [1.165, 1.54) is 32.1 Å². The fraction of sp³-hybridized carbons (Fsp3) is 1.00. The van der Waals surface area contributed by atoms with Crippen molar-refractivity contribution in [3.8, 4) is 0 Å². The van der Waals surface area contributed by atoms with Crippen molar-refractivity contribution in [1.29, 1.82) is 0 Å². The second-order valence-electron chi connectivity index (χ2n) is 5.23. The summed E-state index contributed by atoms with van der Waals surface area (Å²) in [5, 5.41) is 9.58. The van der Waals surface area contributed by atoms with Gasteiger partial charge in [-0.1, -0.05) is 13.3 Å². The van der Waals surface area contributed by atoms with Crippen LogP contribution < -0.4 is 0 Å². The minimum Gasteiger partial charge on any atom is -0.392 e. The molecule has 0 saturated heterocycles. The maximum Gasteiger partial charge on any atom is 0.0664 e. The van der Waals surface area contributed by atoms with Gasteiger partial charge in [-0.15, -0.1) is 0 Å². The lowest BCUT2D eigenvalue weighted by Crippen LogP contribution is -2.45. The van der Waals surface area contributed by atoms with Crippen LogP contribution in [0.1, 0.15) is 52.9 Å². The van der Waals surface area contributed by atoms with Gasteiger partial charge in [0, 0.05) is 12.1 Å². The minimum atomic E-state index is -0.223. The summed E-state index contributed by atoms with van der Waals surface area (Å²) in [7, 11) is 2.16. The molecule has 0 aliphatic heterocycles. The summed E-state index contributed by atoms with van der Waals surface area (Å²) >= 11 is 0. The van der Waals surface area contributed by atoms with Gasteiger partial charge < -0.3 is 5.11 Å². The topological polar surface area (TPSA) is 23.5 Å². The molecule has 1 saturated carbocycles. The first-order valence-electron chi connectivity index (χ1n) is 6.46. The molecular weight excluding hydrogens is 186 g/mol. The van der Waals surface area contributed by atoms with Crippen LogP contribution in [0.4, 0.5) is 0 Å². The highest BCUT2D eigenvalue weighted by molar-refractivity contribution is 4.81. The molecular formula is C13H27NO. The Bertz CT molecular complexity index is 173. The smallest absolute Gasteiger partial charge is 0.0664 e. The highest BCUT2D eigenvalue weighted by Gasteiger charge is 2.26. The quantitative estimate of drug-likeness (QED) is 0.776. The van der Waals surface area contributed by atoms with Gasteiger partial charge in [0.1, 0.15) is 0 Å². The number of aliphatic hydroxyl groups excluding tert-OH is 1. The van der Waals surface area contributed by atoms with Crippen LogP contribution in [0.25, 0.3) is 0 Å². The maximum absolute atomic E-state index is 9.58. The maximum atomic E-state index is 9.58. The first kappa shape index (κ1) is 13.0. The summed E-state index contributed by atoms with van der Waals surface area (Å²) in [6, 6.07) is 0.977. The van der Waals surface area contributed by atoms with E-state index in [9.17, 15) is 5.11 Å². The fourth-order valence-corrected chi connectivity index (χ4v) is 2.63. The molecule has 0 radical (unpaired) electrons. The van der Waals surface area contributed by atoms with Crippen LogP contribution in [-0.4, -0.2) is 35.2 Å². The summed E-state index contributed by atoms with van der Waals surface area (Å²) in [5.74, 6) is 0.955. The molecule has 2 unspecified atom stereocenters. The molecule has 1 aliphatic rings. The second kappa shape index (κ2) is 5.86. The number of rotatable bonds is 4. The lowest BCUT2D eigenvalue weighted by molar-refractivity contribution is 0.0441. The van der Waals surface area contributed by atoms with E-state index in [2.05, 4.69) is 25.8 Å². The third-order valence-electron chi connectivity index (χ3n) is 4.31. The molecule has 0 spiro atoms. The zero-order chi connectivity index (χ0) is 11.4. The molecule has 2 heteroatoms. The van der Waals surface area contributed by atoms with Gasteiger partial charge in [-0.2, -0.15) is 0 Å². The molecule has 1 fully saturated rings. The van der Waals surface area contributed by atoms with E-state index in [-0.39, 0.29) is 12.1 Å². The van der Waals surface area contributed by atoms with Gasteiger partial charge in [0.05, 0.1) is 6.10 Å². The van der Waals surface area contributed by atoms with E-state index in [1.807, 2.05) is 6.92 Å². The van der Waals surface area contributed by atoms with Crippen molar-refractivity contribution in [1.82, 2.24) is 4.90 Å². The van der Waals surface area contributed by atoms with E-state index in [0.29, 0.717) is 6.04 Å². The van der Waals surface area contributed by atoms with E-state index >= 15 is 0 Å². The molecule has 15 heavy (non-hydrogen) atoms. The first-order chi connectivity index (χ1) is 7.06. The van der Waals surface area contributed by atoms with Crippen LogP contribution in [0, 0.1) is 5.92 Å². The monoisotopic (exact) mass is 213 g/mol. The largest absolute Gasteiger partial charge is 0.392 e. The molecule has 1 aliphatic carbocycles. The normalized spacial score (nSPS) is 31.6. The van der Waals surface area contributed by atoms with Gasteiger partial charge >= 0.3 is 0 Å². The molecule has 0 aromatic carbocycles. The Morgan fingerprint density at radius 1 is 1.20 bits per heavy atom. The Kier molecular flexibility index (Phi) is 5.07. The lowest BCUT2D eigenvalue weighted by Gasteiger charge is -2.38. The van der Waals surface area contributed by atoms with Crippen molar-refractivity contribution >= 4 is 0 Å². The lowest BCUT2D eigenvalue weighted by atomic mass is 9.83. The summed E-state index contributed by atoms with van der Waals surface area (Å²) in [6.07, 6.45) is 6.48. The molecule has 0 heterocycles. The van der Waals surface area contributed by atoms with E-state index < -0.39 is 0 Å². The van der Waals surface area contributed by atoms with Gasteiger partial charge in [-0.05, 0) is 52.5 Å². The van der Waals surface area contributed by atoms with Gasteiger partial charge in [0.15, 0.2) is 0 Å². The molecule has 90 valence electrons. The zero-order valence-electron chi connectivity index (χ0n) is 10.7. The predicted molar refractivity (Wildman–Crippen MR) is 64.9 cm³/mol. The molecule has 0 amide bonds. The average molecular weight is 213 g/mol. The van der Waals surface area contributed by atoms with Crippen LogP contribution in [-0.2, 0) is 0 Å². The summed E-state index contributed by atoms with van der Waals surface area (Å²) in [4.78, 5) is 2.37. The Morgan fingerprint density at radius 3 is 2.13 bits per heavy atom. The number of nitrogens with zero attached hydrogens (tertiary/aromatic N) is 1. The molecule has 2 atom stereocenters. The average Bonchev–Trinajstić information content (AvgIpc) is 2.27. The Hall–Kier alpha value is -0.0800. The molecule has 1 N–H and O–H groups in total. The van der Waals surface area contributed by atoms with Gasteiger partial charge in [-0.3, -0.25) is 4.90 Å². The number of hydrogen-bond donors (Lipinski definition) is 1. The van der Waals surface area contributed by atoms with Gasteiger partial charge in [0.25, 0.3) is 0 Å². The van der Waals surface area contributed by atoms with E-state index in [1.54, 1.807) is 0 Å². The SMILES string of the molecule is CCC1CCC(N(C)C(C)C(C)O)CC1. The van der Waals surface area contributed by atoms with Gasteiger partial charge in [0.2, 0.25) is 0 Å². The van der Waals surface area contributed by atoms with Crippen molar-refractivity contribution < 1.29 is 5.11 Å². The second-order valence-corrected chi connectivity index (χ2v) is 5.23. The molecule has 1 rings (SSSR count). The molecule has 0 aromatic heterocycles. The predicted octanol–water partition coefficient (Wildman–Crippen LogP) is 2.66. The highest BCUT2D eigenvalue weighted by Crippen LogP contribution is 2.29. The van der Waals surface area contributed by atoms with Crippen molar-refractivity contribution in [3.05, 3.63) is 0 Å². The molecule has 0 aromatic rings. The Balaban J connectivity index is 2.39. The molecule has 0 bridgehead atoms. The Labute approximate surface area is 94.7 Å². The van der Waals surface area contributed by atoms with E-state index in [4.69, 9.17) is 0 Å². The van der Waals surface area contributed by atoms with Crippen LogP contribution in [0.5, 0.6) is 0 Å². The number of aliphatic hydroxyl groups is 1. The van der Waals surface area contributed by atoms with Crippen molar-refractivity contribution in [2.24, 2.45) is 5.92 Å². The van der Waals surface area contributed by atoms with Crippen molar-refractivity contribution in [2.75, 3.05) is 7.05 Å². The summed E-state index contributed by atoms with van der Waals surface area (Å²) in [5.41, 5.74) is 0. The van der Waals surface area contributed by atoms with Crippen LogP contribution in [0.3, 0.4) is 0 Å². The first-order valence-corrected chi connectivity index (χ1v) is 6.46. The highest BCUT2D eigenvalue weighted by atomic mass is 16.3. The standard InChI is InChI=1S/C13H27NO/c1-5-12-6-8-13(9-7-12)14(4)10(2)11(3)15/h10-13,15H,5-9H2,1-4H3. The molecule has 2 nitrogen and oxygen atoms in total. The Morgan fingerprint density at radius 2 is 1.73 bits per heavy atom. The van der Waals surface area contributed by atoms with Crippen LogP contribution in [0.15, 0.2) is 0 Å². The van der Waals surface area contributed by atoms with E-state index in [0.717, 1.165) is 5.92 Å². The summed E-state index contributed by atoms with van der Waals surface area (Å²) in [6.45, 7) is 6.31. The zero-order valence-corrected chi connectivity index (χ0v) is 10.7. The third kappa shape index (κ3) is 3.46. The summed E-state index contributed by atoms with van der Waals surface area (Å²) < 4.78 is 0. The minimum absolute atomic E-state index is 0.223. The van der Waals surface area contributed by atoms with Crippen LogP contribution in [0.2, 0.25) is 0 Å². The number of likely N-dealkylation sites (N-methyl/N-ethyl adjacent to an activating group) is 1. The van der Waals surface area contributed by atoms with Crippen molar-refractivity contribution in [2.45, 2.75) is 71.1 Å². The van der Waals surface area contributed by atoms with Gasteiger partial charge in [-0.25, -0.2) is 0 Å². The van der Waals surface area contributed by atoms with Crippen molar-refractivity contribution in [3.63, 3.8) is 0 Å². The fourth-order valence-electron chi connectivity index (χ4n) is 2.63. The van der Waals surface area contributed by atoms with Crippen LogP contribution >= 0.6 is 0 Å². The number of hydrogen-bond acceptors (Lipinski definition) is 2. The third-order valence-corrected chi connectivity index (χ3v) is 4.31.